The van der Waals surface area contributed by atoms with Crippen molar-refractivity contribution in [2.24, 2.45) is 11.8 Å². The molecule has 14 heavy (non-hydrogen) atoms. The van der Waals surface area contributed by atoms with E-state index in [1.54, 1.807) is 12.0 Å². The van der Waals surface area contributed by atoms with E-state index < -0.39 is 0 Å². The summed E-state index contributed by atoms with van der Waals surface area (Å²) in [6.07, 6.45) is 2.01. The lowest BCUT2D eigenvalue weighted by Crippen LogP contribution is -1.80. The normalized spacial score (nSPS) is 33.9. The molecule has 0 aromatic heterocycles. The van der Waals surface area contributed by atoms with Gasteiger partial charge in [-0.25, -0.2) is 0 Å². The van der Waals surface area contributed by atoms with Crippen molar-refractivity contribution in [3.05, 3.63) is 23.1 Å². The Morgan fingerprint density at radius 3 is 1.43 bits per heavy atom. The summed E-state index contributed by atoms with van der Waals surface area (Å²) in [5.74, 6) is 3.98. The monoisotopic (exact) mass is 188 g/mol. The van der Waals surface area contributed by atoms with Crippen LogP contribution >= 0.6 is 0 Å². The van der Waals surface area contributed by atoms with Crippen molar-refractivity contribution in [1.82, 2.24) is 0 Å². The molecule has 2 nitrogen and oxygen atoms in total. The van der Waals surface area contributed by atoms with Crippen molar-refractivity contribution in [3.8, 4) is 0 Å². The second-order valence-electron chi connectivity index (χ2n) is 3.65. The van der Waals surface area contributed by atoms with Crippen molar-refractivity contribution in [2.75, 3.05) is 13.2 Å². The van der Waals surface area contributed by atoms with E-state index in [2.05, 4.69) is 0 Å². The van der Waals surface area contributed by atoms with Crippen LogP contribution in [0.15, 0.2) is 23.1 Å². The van der Waals surface area contributed by atoms with Gasteiger partial charge in [0.25, 0.3) is 0 Å². The first-order chi connectivity index (χ1) is 6.76. The first kappa shape index (κ1) is 11.6. The van der Waals surface area contributed by atoms with Crippen LogP contribution in [0.4, 0.5) is 0 Å². The summed E-state index contributed by atoms with van der Waals surface area (Å²) in [6, 6.07) is 0. The Bertz CT molecular complexity index is 223. The molecule has 0 aliphatic heterocycles. The molecule has 0 bridgehead atoms. The molecular formula is C10H14B2O2. The summed E-state index contributed by atoms with van der Waals surface area (Å²) in [5, 5.41) is 16.8. The Morgan fingerprint density at radius 1 is 1.00 bits per heavy atom. The molecule has 2 fully saturated rings. The Kier molecular flexibility index (Phi) is 4.49. The Balaban J connectivity index is 0.000000140. The smallest absolute Gasteiger partial charge is 0.102 e. The molecule has 2 unspecified atom stereocenters. The van der Waals surface area contributed by atoms with Gasteiger partial charge in [0.05, 0.1) is 0 Å². The van der Waals surface area contributed by atoms with E-state index in [0.29, 0.717) is 11.8 Å². The summed E-state index contributed by atoms with van der Waals surface area (Å²) in [7, 11) is 10.3. The molecule has 0 heterocycles. The first-order valence-electron chi connectivity index (χ1n) is 4.79. The fourth-order valence-electron chi connectivity index (χ4n) is 1.22. The van der Waals surface area contributed by atoms with Gasteiger partial charge in [-0.1, -0.05) is 11.1 Å². The van der Waals surface area contributed by atoms with E-state index in [1.165, 1.54) is 11.1 Å². The SMILES string of the molecule is [B]C=C1CC1CO.[B]C=C1CC1CO. The summed E-state index contributed by atoms with van der Waals surface area (Å²) in [6.45, 7) is 0.534. The number of aliphatic hydroxyl groups is 2. The highest BCUT2D eigenvalue weighted by atomic mass is 16.3. The maximum atomic E-state index is 8.41. The minimum absolute atomic E-state index is 0.267. The lowest BCUT2D eigenvalue weighted by molar-refractivity contribution is 0.281. The number of hydrogen-bond acceptors (Lipinski definition) is 2. The second kappa shape index (κ2) is 5.42. The minimum Gasteiger partial charge on any atom is -0.396 e. The molecule has 0 aromatic rings. The number of rotatable bonds is 2. The quantitative estimate of drug-likeness (QED) is 0.603. The van der Waals surface area contributed by atoms with Crippen LogP contribution in [0.5, 0.6) is 0 Å². The van der Waals surface area contributed by atoms with E-state index >= 15 is 0 Å². The van der Waals surface area contributed by atoms with Crippen LogP contribution in [-0.2, 0) is 0 Å². The molecule has 0 aromatic carbocycles. The van der Waals surface area contributed by atoms with Gasteiger partial charge in [0.2, 0.25) is 0 Å². The van der Waals surface area contributed by atoms with Crippen LogP contribution < -0.4 is 0 Å². The van der Waals surface area contributed by atoms with Crippen molar-refractivity contribution < 1.29 is 10.2 Å². The van der Waals surface area contributed by atoms with Gasteiger partial charge in [-0.05, 0) is 12.8 Å². The Hall–Kier alpha value is -0.470. The van der Waals surface area contributed by atoms with Gasteiger partial charge in [0.15, 0.2) is 0 Å². The second-order valence-corrected chi connectivity index (χ2v) is 3.65. The molecule has 0 amide bonds. The topological polar surface area (TPSA) is 40.5 Å². The standard InChI is InChI=1S/2C5H7BO/c2*6-2-4-1-5(4)3-7/h2*2,5,7H,1,3H2. The zero-order valence-electron chi connectivity index (χ0n) is 8.19. The molecule has 2 saturated carbocycles. The minimum atomic E-state index is 0.267. The van der Waals surface area contributed by atoms with Gasteiger partial charge in [-0.2, -0.15) is 0 Å². The molecular weight excluding hydrogens is 174 g/mol. The highest BCUT2D eigenvalue weighted by Crippen LogP contribution is 2.36. The average Bonchev–Trinajstić information content (AvgIpc) is 3.12. The number of aliphatic hydroxyl groups excluding tert-OH is 2. The van der Waals surface area contributed by atoms with Crippen LogP contribution in [0.2, 0.25) is 0 Å². The van der Waals surface area contributed by atoms with Gasteiger partial charge in [0, 0.05) is 25.0 Å². The molecule has 2 rings (SSSR count). The third-order valence-electron chi connectivity index (χ3n) is 2.56. The Morgan fingerprint density at radius 2 is 1.36 bits per heavy atom. The van der Waals surface area contributed by atoms with E-state index in [0.717, 1.165) is 12.8 Å². The van der Waals surface area contributed by atoms with Gasteiger partial charge in [-0.15, -0.1) is 12.0 Å². The van der Waals surface area contributed by atoms with E-state index in [4.69, 9.17) is 25.9 Å². The summed E-state index contributed by atoms with van der Waals surface area (Å²) in [4.78, 5) is 0. The van der Waals surface area contributed by atoms with Crippen molar-refractivity contribution >= 4 is 15.7 Å². The van der Waals surface area contributed by atoms with Crippen molar-refractivity contribution in [1.29, 1.82) is 0 Å². The molecule has 0 saturated heterocycles. The molecule has 2 atom stereocenters. The lowest BCUT2D eigenvalue weighted by Gasteiger charge is -1.76. The molecule has 4 heteroatoms. The van der Waals surface area contributed by atoms with Gasteiger partial charge >= 0.3 is 0 Å². The van der Waals surface area contributed by atoms with Gasteiger partial charge < -0.3 is 10.2 Å². The first-order valence-corrected chi connectivity index (χ1v) is 4.79. The summed E-state index contributed by atoms with van der Waals surface area (Å²) in [5.41, 5.74) is 2.39. The maximum absolute atomic E-state index is 8.41. The number of hydrogen-bond donors (Lipinski definition) is 2. The summed E-state index contributed by atoms with van der Waals surface area (Å²) < 4.78 is 0. The van der Waals surface area contributed by atoms with Crippen LogP contribution in [0.3, 0.4) is 0 Å². The van der Waals surface area contributed by atoms with Gasteiger partial charge in [-0.3, -0.25) is 0 Å². The van der Waals surface area contributed by atoms with Crippen molar-refractivity contribution in [2.45, 2.75) is 12.8 Å². The largest absolute Gasteiger partial charge is 0.396 e. The average molecular weight is 188 g/mol. The van der Waals surface area contributed by atoms with E-state index in [-0.39, 0.29) is 13.2 Å². The van der Waals surface area contributed by atoms with Crippen molar-refractivity contribution in [3.63, 3.8) is 0 Å². The highest BCUT2D eigenvalue weighted by Gasteiger charge is 2.26. The van der Waals surface area contributed by atoms with Crippen LogP contribution in [0, 0.1) is 11.8 Å². The fourth-order valence-corrected chi connectivity index (χ4v) is 1.22. The Labute approximate surface area is 87.5 Å². The predicted molar refractivity (Wildman–Crippen MR) is 58.1 cm³/mol. The third kappa shape index (κ3) is 3.35. The molecule has 2 aliphatic carbocycles. The molecule has 0 spiro atoms. The van der Waals surface area contributed by atoms with Crippen LogP contribution in [0.1, 0.15) is 12.8 Å². The third-order valence-corrected chi connectivity index (χ3v) is 2.56. The molecule has 2 N–H and O–H groups in total. The molecule has 2 aliphatic rings. The molecule has 72 valence electrons. The maximum Gasteiger partial charge on any atom is 0.102 e. The highest BCUT2D eigenvalue weighted by molar-refractivity contribution is 6.18. The van der Waals surface area contributed by atoms with Crippen LogP contribution in [0.25, 0.3) is 0 Å². The summed E-state index contributed by atoms with van der Waals surface area (Å²) >= 11 is 0. The lowest BCUT2D eigenvalue weighted by atomic mass is 10.1. The zero-order chi connectivity index (χ0) is 10.6. The van der Waals surface area contributed by atoms with E-state index in [1.807, 2.05) is 0 Å². The predicted octanol–water partition coefficient (Wildman–Crippen LogP) is 0.102. The fraction of sp³-hybridized carbons (Fsp3) is 0.600. The van der Waals surface area contributed by atoms with Crippen LogP contribution in [-0.4, -0.2) is 39.1 Å². The zero-order valence-corrected chi connectivity index (χ0v) is 8.19. The van der Waals surface area contributed by atoms with E-state index in [9.17, 15) is 0 Å². The molecule has 4 radical (unpaired) electrons. The van der Waals surface area contributed by atoms with Gasteiger partial charge in [0.1, 0.15) is 15.7 Å².